The maximum Gasteiger partial charge on any atom is 0.123 e. The van der Waals surface area contributed by atoms with Crippen LogP contribution in [0.3, 0.4) is 0 Å². The van der Waals surface area contributed by atoms with Crippen molar-refractivity contribution >= 4 is 0 Å². The van der Waals surface area contributed by atoms with E-state index in [0.717, 1.165) is 76.0 Å². The first-order chi connectivity index (χ1) is 43.2. The second-order valence-corrected chi connectivity index (χ2v) is 27.0. The molecular weight excluding hydrogens is 1070 g/mol. The molecule has 6 atom stereocenters. The Labute approximate surface area is 523 Å². The zero-order valence-electron chi connectivity index (χ0n) is 52.7. The van der Waals surface area contributed by atoms with Gasteiger partial charge in [-0.2, -0.15) is 0 Å². The minimum atomic E-state index is 0.416. The fraction of sp³-hybridized carbons (Fsp3) is 0.538. The molecule has 9 heteroatoms. The predicted molar refractivity (Wildman–Crippen MR) is 356 cm³/mol. The molecule has 0 unspecified atom stereocenters. The largest absolute Gasteiger partial charge is 0.494 e. The van der Waals surface area contributed by atoms with Crippen LogP contribution in [-0.4, -0.2) is 147 Å². The van der Waals surface area contributed by atoms with Crippen molar-refractivity contribution in [2.75, 3.05) is 118 Å². The number of hydrogen-bond donors (Lipinski definition) is 0. The zero-order chi connectivity index (χ0) is 58.4. The molecule has 0 amide bonds. The van der Waals surface area contributed by atoms with Gasteiger partial charge in [0.05, 0.1) is 19.8 Å². The highest BCUT2D eigenvalue weighted by Gasteiger charge is 2.40. The molecule has 0 bridgehead atoms. The average Bonchev–Trinajstić information content (AvgIpc) is 2.26. The van der Waals surface area contributed by atoms with Crippen LogP contribution in [-0.2, 0) is 0 Å². The van der Waals surface area contributed by atoms with Crippen molar-refractivity contribution in [2.24, 2.45) is 0 Å². The standard InChI is InChI=1S/3C26H34N2O/c1-3-10-21(11-4-1)23-20-28-18-8-13-24(28)22-12-7-14-25(26(22)23)29-19-9-17-27-15-5-2-6-16-27;2*1-3-9-21(10-4-1)25-20-28-17-7-11-26(28)24-19-22(12-13-23(24)25)29-18-8-16-27-14-5-2-6-15-27/h1,3-4,7,10-12,14,23-24H,2,5-6,8-9,13,15-20H2;2*1,3-4,9-10,12-13,19,25-26H,2,5-8,11,14-18,20H2/t23-,24-;25-,26+;25-,26-/m010/s1. The first-order valence-electron chi connectivity index (χ1n) is 35.0. The fourth-order valence-corrected chi connectivity index (χ4v) is 16.9. The van der Waals surface area contributed by atoms with Gasteiger partial charge in [-0.25, -0.2) is 0 Å². The molecule has 6 aromatic carbocycles. The number of benzene rings is 6. The highest BCUT2D eigenvalue weighted by molar-refractivity contribution is 5.52. The summed E-state index contributed by atoms with van der Waals surface area (Å²) < 4.78 is 18.9. The van der Waals surface area contributed by atoms with E-state index in [1.165, 1.54) is 225 Å². The fourth-order valence-electron chi connectivity index (χ4n) is 16.9. The Hall–Kier alpha value is -5.52. The lowest BCUT2D eigenvalue weighted by Crippen LogP contribution is -2.35. The number of piperidine rings is 3. The Morgan fingerprint density at radius 3 is 1.11 bits per heavy atom. The molecule has 9 heterocycles. The predicted octanol–water partition coefficient (Wildman–Crippen LogP) is 15.7. The van der Waals surface area contributed by atoms with E-state index in [0.29, 0.717) is 35.9 Å². The van der Waals surface area contributed by atoms with E-state index in [1.807, 2.05) is 0 Å². The summed E-state index contributed by atoms with van der Waals surface area (Å²) in [5, 5.41) is 0. The summed E-state index contributed by atoms with van der Waals surface area (Å²) in [4.78, 5) is 15.9. The second kappa shape index (κ2) is 30.3. The lowest BCUT2D eigenvalue weighted by molar-refractivity contribution is 0.200. The molecule has 0 aromatic heterocycles. The summed E-state index contributed by atoms with van der Waals surface area (Å²) in [5.74, 6) is 4.62. The van der Waals surface area contributed by atoms with Crippen LogP contribution >= 0.6 is 0 Å². The lowest BCUT2D eigenvalue weighted by atomic mass is 9.81. The summed E-state index contributed by atoms with van der Waals surface area (Å²) in [6.07, 6.45) is 23.6. The topological polar surface area (TPSA) is 47.1 Å². The number of hydrogen-bond acceptors (Lipinski definition) is 9. The van der Waals surface area contributed by atoms with Crippen molar-refractivity contribution in [3.63, 3.8) is 0 Å². The third kappa shape index (κ3) is 15.1. The quantitative estimate of drug-likeness (QED) is 0.0783. The van der Waals surface area contributed by atoms with Crippen LogP contribution in [0.4, 0.5) is 0 Å². The van der Waals surface area contributed by atoms with Gasteiger partial charge in [-0.15, -0.1) is 0 Å². The molecule has 0 saturated carbocycles. The number of rotatable bonds is 18. The van der Waals surface area contributed by atoms with Gasteiger partial charge in [-0.1, -0.05) is 135 Å². The first-order valence-corrected chi connectivity index (χ1v) is 35.0. The van der Waals surface area contributed by atoms with E-state index in [4.69, 9.17) is 14.2 Å². The highest BCUT2D eigenvalue weighted by atomic mass is 16.5. The van der Waals surface area contributed by atoms with Crippen molar-refractivity contribution in [3.05, 3.63) is 196 Å². The summed E-state index contributed by atoms with van der Waals surface area (Å²) in [6.45, 7) is 20.8. The van der Waals surface area contributed by atoms with Gasteiger partial charge in [0.25, 0.3) is 0 Å². The van der Waals surface area contributed by atoms with E-state index in [-0.39, 0.29) is 0 Å². The van der Waals surface area contributed by atoms with Gasteiger partial charge < -0.3 is 28.9 Å². The van der Waals surface area contributed by atoms with Crippen LogP contribution in [0.2, 0.25) is 0 Å². The van der Waals surface area contributed by atoms with Gasteiger partial charge in [-0.05, 0) is 230 Å². The van der Waals surface area contributed by atoms with Crippen molar-refractivity contribution in [1.82, 2.24) is 29.4 Å². The Balaban J connectivity index is 0.000000121. The van der Waals surface area contributed by atoms with E-state index < -0.39 is 0 Å². The summed E-state index contributed by atoms with van der Waals surface area (Å²) in [7, 11) is 0. The van der Waals surface area contributed by atoms with Crippen LogP contribution in [0.15, 0.2) is 146 Å². The molecule has 462 valence electrons. The van der Waals surface area contributed by atoms with E-state index in [1.54, 1.807) is 0 Å². The van der Waals surface area contributed by atoms with E-state index >= 15 is 0 Å². The van der Waals surface area contributed by atoms with Crippen molar-refractivity contribution < 1.29 is 14.2 Å². The molecule has 6 aromatic rings. The van der Waals surface area contributed by atoms with Gasteiger partial charge >= 0.3 is 0 Å². The number of ether oxygens (including phenoxy) is 3. The minimum Gasteiger partial charge on any atom is -0.494 e. The van der Waals surface area contributed by atoms with Crippen molar-refractivity contribution in [3.8, 4) is 17.2 Å². The molecule has 0 aliphatic carbocycles. The Morgan fingerprint density at radius 2 is 0.690 bits per heavy atom. The lowest BCUT2D eigenvalue weighted by Gasteiger charge is -2.38. The Kier molecular flexibility index (Phi) is 21.1. The minimum absolute atomic E-state index is 0.416. The van der Waals surface area contributed by atoms with Gasteiger partial charge in [0.1, 0.15) is 17.2 Å². The van der Waals surface area contributed by atoms with Crippen LogP contribution in [0.5, 0.6) is 17.2 Å². The SMILES string of the molecule is c1ccc([C@@H]2CN3CCC[C@H]3c3cc(OCCCN4CCCCC4)ccc32)cc1.c1ccc([C@@H]2CN3CCC[C@H]3c3cccc(OCCCN4CCCCC4)c32)cc1.c1ccc([C@H]2CN3CCC[C@H]3c3cc(OCCCN4CCCCC4)ccc32)cc1. The molecule has 9 aliphatic heterocycles. The Morgan fingerprint density at radius 1 is 0.310 bits per heavy atom. The molecule has 0 spiro atoms. The second-order valence-electron chi connectivity index (χ2n) is 27.0. The van der Waals surface area contributed by atoms with Gasteiger partial charge in [-0.3, -0.25) is 14.7 Å². The molecule has 0 radical (unpaired) electrons. The van der Waals surface area contributed by atoms with Crippen LogP contribution in [0, 0.1) is 0 Å². The number of fused-ring (bicyclic) bond motifs is 9. The molecule has 0 N–H and O–H groups in total. The van der Waals surface area contributed by atoms with E-state index in [9.17, 15) is 0 Å². The third-order valence-corrected chi connectivity index (χ3v) is 21.3. The molecular formula is C78H102N6O3. The average molecular weight is 1170 g/mol. The summed E-state index contributed by atoms with van der Waals surface area (Å²) >= 11 is 0. The normalized spacial score (nSPS) is 24.8. The van der Waals surface area contributed by atoms with E-state index in [2.05, 4.69) is 175 Å². The monoisotopic (exact) mass is 1170 g/mol. The molecule has 9 nitrogen and oxygen atoms in total. The first kappa shape index (κ1) is 60.4. The van der Waals surface area contributed by atoms with Gasteiger partial charge in [0.2, 0.25) is 0 Å². The molecule has 6 fully saturated rings. The molecule has 9 aliphatic rings. The maximum atomic E-state index is 6.45. The Bertz CT molecular complexity index is 2890. The van der Waals surface area contributed by atoms with Crippen LogP contribution in [0.25, 0.3) is 0 Å². The molecule has 15 rings (SSSR count). The summed E-state index contributed by atoms with van der Waals surface area (Å²) in [5.41, 5.74) is 13.3. The summed E-state index contributed by atoms with van der Waals surface area (Å²) in [6, 6.07) is 55.5. The number of nitrogens with zero attached hydrogens (tertiary/aromatic N) is 6. The number of likely N-dealkylation sites (tertiary alicyclic amines) is 3. The molecule has 6 saturated heterocycles. The maximum absolute atomic E-state index is 6.45. The zero-order valence-corrected chi connectivity index (χ0v) is 52.7. The highest BCUT2D eigenvalue weighted by Crippen LogP contribution is 2.49. The smallest absolute Gasteiger partial charge is 0.123 e. The molecule has 87 heavy (non-hydrogen) atoms. The van der Waals surface area contributed by atoms with Gasteiger partial charge in [0, 0.05) is 80.7 Å². The van der Waals surface area contributed by atoms with Gasteiger partial charge in [0.15, 0.2) is 0 Å². The van der Waals surface area contributed by atoms with Crippen molar-refractivity contribution in [1.29, 1.82) is 0 Å². The van der Waals surface area contributed by atoms with Crippen LogP contribution in [0.1, 0.15) is 202 Å². The van der Waals surface area contributed by atoms with Crippen molar-refractivity contribution in [2.45, 2.75) is 151 Å². The third-order valence-electron chi connectivity index (χ3n) is 21.3. The van der Waals surface area contributed by atoms with Crippen LogP contribution < -0.4 is 14.2 Å².